The summed E-state index contributed by atoms with van der Waals surface area (Å²) in [7, 11) is 1.69. The van der Waals surface area contributed by atoms with Gasteiger partial charge in [-0.3, -0.25) is 0 Å². The summed E-state index contributed by atoms with van der Waals surface area (Å²) in [5.74, 6) is 0.927. The Morgan fingerprint density at radius 3 is 3.18 bits per heavy atom. The first-order chi connectivity index (χ1) is 5.40. The van der Waals surface area contributed by atoms with Gasteiger partial charge in [-0.2, -0.15) is 0 Å². The Kier molecular flexibility index (Phi) is 1.68. The molecule has 0 fully saturated rings. The number of ether oxygens (including phenoxy) is 1. The number of fused-ring (bicyclic) bond motifs is 1. The zero-order chi connectivity index (χ0) is 7.68. The van der Waals surface area contributed by atoms with Gasteiger partial charge in [0, 0.05) is 0 Å². The van der Waals surface area contributed by atoms with Crippen molar-refractivity contribution in [1.82, 2.24) is 4.98 Å². The number of nitrogens with zero attached hydrogens (tertiary/aromatic N) is 1. The van der Waals surface area contributed by atoms with Crippen molar-refractivity contribution < 1.29 is 4.74 Å². The monoisotopic (exact) mass is 213 g/mol. The first kappa shape index (κ1) is 6.89. The first-order valence-corrected chi connectivity index (χ1v) is 5.12. The van der Waals surface area contributed by atoms with Crippen LogP contribution in [0.2, 0.25) is 0 Å². The third-order valence-corrected chi connectivity index (χ3v) is 3.20. The first-order valence-electron chi connectivity index (χ1n) is 3.27. The Bertz CT molecular complexity index is 369. The second-order valence-corrected chi connectivity index (χ2v) is 4.05. The van der Waals surface area contributed by atoms with Crippen molar-refractivity contribution in [2.75, 3.05) is 7.11 Å². The summed E-state index contributed by atoms with van der Waals surface area (Å²) in [6, 6.07) is 6.00. The molecule has 0 aliphatic heterocycles. The van der Waals surface area contributed by atoms with Gasteiger partial charge < -0.3 is 0 Å². The SMILES string of the molecule is COc1ccc2nc[se]c2c1. The van der Waals surface area contributed by atoms with E-state index in [4.69, 9.17) is 4.74 Å². The maximum absolute atomic E-state index is 5.09. The average Bonchev–Trinajstić information content (AvgIpc) is 2.50. The molecular weight excluding hydrogens is 205 g/mol. The molecule has 0 atom stereocenters. The fourth-order valence-corrected chi connectivity index (χ4v) is 2.44. The van der Waals surface area contributed by atoms with Gasteiger partial charge in [-0.05, 0) is 0 Å². The molecule has 0 spiro atoms. The van der Waals surface area contributed by atoms with E-state index >= 15 is 0 Å². The maximum atomic E-state index is 5.09. The third-order valence-electron chi connectivity index (χ3n) is 1.54. The molecule has 0 radical (unpaired) electrons. The van der Waals surface area contributed by atoms with Crippen molar-refractivity contribution in [3.8, 4) is 5.75 Å². The molecule has 56 valence electrons. The van der Waals surface area contributed by atoms with Crippen LogP contribution in [0.5, 0.6) is 5.75 Å². The van der Waals surface area contributed by atoms with Crippen molar-refractivity contribution in [1.29, 1.82) is 0 Å². The zero-order valence-corrected chi connectivity index (χ0v) is 7.79. The molecule has 0 saturated heterocycles. The van der Waals surface area contributed by atoms with Crippen LogP contribution in [0, 0.1) is 0 Å². The fourth-order valence-electron chi connectivity index (χ4n) is 0.962. The average molecular weight is 212 g/mol. The van der Waals surface area contributed by atoms with Crippen LogP contribution >= 0.6 is 0 Å². The predicted octanol–water partition coefficient (Wildman–Crippen LogP) is 1.30. The summed E-state index contributed by atoms with van der Waals surface area (Å²) in [4.78, 5) is 4.22. The Balaban J connectivity index is 2.67. The van der Waals surface area contributed by atoms with Gasteiger partial charge in [-0.15, -0.1) is 0 Å². The topological polar surface area (TPSA) is 22.1 Å². The van der Waals surface area contributed by atoms with Gasteiger partial charge in [0.25, 0.3) is 0 Å². The molecule has 1 heterocycles. The number of rotatable bonds is 1. The molecule has 0 aliphatic rings. The molecule has 2 nitrogen and oxygen atoms in total. The van der Waals surface area contributed by atoms with Crippen molar-refractivity contribution >= 4 is 24.3 Å². The Morgan fingerprint density at radius 1 is 1.45 bits per heavy atom. The van der Waals surface area contributed by atoms with Gasteiger partial charge in [-0.25, -0.2) is 0 Å². The summed E-state index contributed by atoms with van der Waals surface area (Å²) in [6.07, 6.45) is 0. The van der Waals surface area contributed by atoms with Crippen molar-refractivity contribution in [3.05, 3.63) is 23.3 Å². The molecule has 2 rings (SSSR count). The number of hydrogen-bond donors (Lipinski definition) is 0. The van der Waals surface area contributed by atoms with Crippen LogP contribution < -0.4 is 4.74 Å². The molecule has 1 aromatic carbocycles. The Morgan fingerprint density at radius 2 is 2.36 bits per heavy atom. The second-order valence-electron chi connectivity index (χ2n) is 2.19. The summed E-state index contributed by atoms with van der Waals surface area (Å²) in [5.41, 5.74) is 1.10. The van der Waals surface area contributed by atoms with Crippen molar-refractivity contribution in [3.63, 3.8) is 0 Å². The van der Waals surface area contributed by atoms with Gasteiger partial charge in [0.2, 0.25) is 0 Å². The van der Waals surface area contributed by atoms with Crippen LogP contribution in [0.1, 0.15) is 0 Å². The van der Waals surface area contributed by atoms with E-state index < -0.39 is 0 Å². The molecule has 0 amide bonds. The van der Waals surface area contributed by atoms with Gasteiger partial charge in [0.05, 0.1) is 0 Å². The zero-order valence-electron chi connectivity index (χ0n) is 6.07. The van der Waals surface area contributed by atoms with Crippen molar-refractivity contribution in [2.45, 2.75) is 0 Å². The van der Waals surface area contributed by atoms with E-state index in [-0.39, 0.29) is 0 Å². The number of methoxy groups -OCH3 is 1. The van der Waals surface area contributed by atoms with Crippen molar-refractivity contribution in [2.24, 2.45) is 0 Å². The van der Waals surface area contributed by atoms with E-state index in [2.05, 4.69) is 11.1 Å². The quantitative estimate of drug-likeness (QED) is 0.664. The van der Waals surface area contributed by atoms with E-state index in [1.54, 1.807) is 7.11 Å². The molecule has 3 heteroatoms. The molecular formula is C8H7NOSe. The normalized spacial score (nSPS) is 10.3. The van der Waals surface area contributed by atoms with Crippen LogP contribution in [-0.4, -0.2) is 26.6 Å². The molecule has 0 saturated carbocycles. The van der Waals surface area contributed by atoms with E-state index in [1.165, 1.54) is 4.26 Å². The molecule has 0 aliphatic carbocycles. The van der Waals surface area contributed by atoms with E-state index in [1.807, 2.05) is 17.2 Å². The summed E-state index contributed by atoms with van der Waals surface area (Å²) < 4.78 is 6.41. The minimum absolute atomic E-state index is 0.421. The summed E-state index contributed by atoms with van der Waals surface area (Å²) in [5, 5.41) is 1.98. The molecule has 2 aromatic rings. The Hall–Kier alpha value is -0.791. The standard InChI is InChI=1S/C8H7NOSe/c1-10-6-2-3-7-8(4-6)11-5-9-7/h2-5H,1H3. The van der Waals surface area contributed by atoms with Gasteiger partial charge in [0.15, 0.2) is 0 Å². The molecule has 11 heavy (non-hydrogen) atoms. The van der Waals surface area contributed by atoms with Gasteiger partial charge >= 0.3 is 70.1 Å². The molecule has 0 unspecified atom stereocenters. The summed E-state index contributed by atoms with van der Waals surface area (Å²) >= 11 is 0.421. The van der Waals surface area contributed by atoms with Gasteiger partial charge in [0.1, 0.15) is 0 Å². The van der Waals surface area contributed by atoms with Crippen LogP contribution in [0.15, 0.2) is 23.3 Å². The molecule has 1 aromatic heterocycles. The minimum atomic E-state index is 0.421. The Labute approximate surface area is 70.6 Å². The molecule has 0 bridgehead atoms. The van der Waals surface area contributed by atoms with E-state index in [0.717, 1.165) is 11.3 Å². The fraction of sp³-hybridized carbons (Fsp3) is 0.125. The van der Waals surface area contributed by atoms with Crippen LogP contribution in [-0.2, 0) is 0 Å². The number of aromatic nitrogens is 1. The second kappa shape index (κ2) is 2.68. The molecule has 0 N–H and O–H groups in total. The van der Waals surface area contributed by atoms with E-state index in [9.17, 15) is 0 Å². The van der Waals surface area contributed by atoms with Gasteiger partial charge in [-0.1, -0.05) is 0 Å². The van der Waals surface area contributed by atoms with Crippen LogP contribution in [0.3, 0.4) is 0 Å². The number of benzene rings is 1. The number of hydrogen-bond acceptors (Lipinski definition) is 2. The third kappa shape index (κ3) is 1.17. The van der Waals surface area contributed by atoms with E-state index in [0.29, 0.717) is 14.5 Å². The van der Waals surface area contributed by atoms with Crippen LogP contribution in [0.4, 0.5) is 0 Å². The predicted molar refractivity (Wildman–Crippen MR) is 45.2 cm³/mol. The van der Waals surface area contributed by atoms with Crippen LogP contribution in [0.25, 0.3) is 9.78 Å². The summed E-state index contributed by atoms with van der Waals surface area (Å²) in [6.45, 7) is 0.